The van der Waals surface area contributed by atoms with Crippen molar-refractivity contribution in [3.63, 3.8) is 0 Å². The molecule has 1 heterocycles. The Labute approximate surface area is 147 Å². The summed E-state index contributed by atoms with van der Waals surface area (Å²) in [4.78, 5) is 4.22. The number of aromatic nitrogens is 1. The first kappa shape index (κ1) is 18.5. The molecule has 0 bridgehead atoms. The molecule has 0 aliphatic heterocycles. The highest BCUT2D eigenvalue weighted by Gasteiger charge is 2.02. The molecule has 0 saturated carbocycles. The second-order valence-corrected chi connectivity index (χ2v) is 6.67. The molecule has 1 N–H and O–H groups in total. The average Bonchev–Trinajstić information content (AvgIpc) is 2.62. The fourth-order valence-corrected chi connectivity index (χ4v) is 3.01. The highest BCUT2D eigenvalue weighted by molar-refractivity contribution is 5.69. The molecule has 2 heteroatoms. The summed E-state index contributed by atoms with van der Waals surface area (Å²) < 4.78 is 0. The summed E-state index contributed by atoms with van der Waals surface area (Å²) in [6.07, 6.45) is 14.7. The molecule has 130 valence electrons. The maximum absolute atomic E-state index is 4.22. The first-order chi connectivity index (χ1) is 11.8. The molecule has 0 radical (unpaired) electrons. The summed E-state index contributed by atoms with van der Waals surface area (Å²) in [5.41, 5.74) is 4.96. The monoisotopic (exact) mass is 324 g/mol. The van der Waals surface area contributed by atoms with Crippen LogP contribution in [0, 0.1) is 6.92 Å². The molecule has 2 rings (SSSR count). The number of anilines is 1. The number of pyridine rings is 1. The lowest BCUT2D eigenvalue weighted by Crippen LogP contribution is -2.03. The van der Waals surface area contributed by atoms with Gasteiger partial charge in [-0.15, -0.1) is 0 Å². The molecule has 0 unspecified atom stereocenters. The molecule has 0 spiro atoms. The predicted octanol–water partition coefficient (Wildman–Crippen LogP) is 6.61. The van der Waals surface area contributed by atoms with E-state index in [0.29, 0.717) is 0 Å². The number of aryl methyl sites for hydroxylation is 1. The number of benzene rings is 1. The van der Waals surface area contributed by atoms with E-state index in [4.69, 9.17) is 0 Å². The topological polar surface area (TPSA) is 24.9 Å². The minimum atomic E-state index is 1.06. The maximum Gasteiger partial charge on any atom is 0.0376 e. The first-order valence-corrected chi connectivity index (χ1v) is 9.56. The summed E-state index contributed by atoms with van der Waals surface area (Å²) in [5.74, 6) is 0. The van der Waals surface area contributed by atoms with Crippen molar-refractivity contribution in [2.24, 2.45) is 0 Å². The lowest BCUT2D eigenvalue weighted by atomic mass is 10.0. The summed E-state index contributed by atoms with van der Waals surface area (Å²) in [5, 5.41) is 3.61. The zero-order valence-corrected chi connectivity index (χ0v) is 15.4. The van der Waals surface area contributed by atoms with E-state index in [-0.39, 0.29) is 0 Å². The van der Waals surface area contributed by atoms with E-state index < -0.39 is 0 Å². The fourth-order valence-electron chi connectivity index (χ4n) is 3.01. The maximum atomic E-state index is 4.22. The number of hydrogen-bond acceptors (Lipinski definition) is 2. The standard InChI is InChI=1S/C22H32N2/c1-3-4-5-6-7-8-9-10-16-24-22-17-20(14-13-19(22)2)21-12-11-15-23-18-21/h11-15,17-18,24H,3-10,16H2,1-2H3. The van der Waals surface area contributed by atoms with Gasteiger partial charge >= 0.3 is 0 Å². The molecule has 2 nitrogen and oxygen atoms in total. The van der Waals surface area contributed by atoms with Crippen molar-refractivity contribution in [2.75, 3.05) is 11.9 Å². The number of hydrogen-bond donors (Lipinski definition) is 1. The Hall–Kier alpha value is -1.83. The van der Waals surface area contributed by atoms with Crippen LogP contribution in [0.2, 0.25) is 0 Å². The van der Waals surface area contributed by atoms with E-state index in [1.54, 1.807) is 0 Å². The van der Waals surface area contributed by atoms with Crippen LogP contribution in [0.15, 0.2) is 42.7 Å². The van der Waals surface area contributed by atoms with Gasteiger partial charge in [0.05, 0.1) is 0 Å². The summed E-state index contributed by atoms with van der Waals surface area (Å²) in [6, 6.07) is 10.7. The van der Waals surface area contributed by atoms with E-state index in [9.17, 15) is 0 Å². The van der Waals surface area contributed by atoms with Gasteiger partial charge in [0.25, 0.3) is 0 Å². The third-order valence-corrected chi connectivity index (χ3v) is 4.58. The largest absolute Gasteiger partial charge is 0.385 e. The molecule has 0 aliphatic carbocycles. The molecule has 1 aromatic carbocycles. The Morgan fingerprint density at radius 3 is 2.33 bits per heavy atom. The molecule has 0 aliphatic rings. The molecule has 24 heavy (non-hydrogen) atoms. The van der Waals surface area contributed by atoms with Crippen molar-refractivity contribution in [1.82, 2.24) is 4.98 Å². The molecule has 1 aromatic heterocycles. The number of rotatable bonds is 11. The number of nitrogens with zero attached hydrogens (tertiary/aromatic N) is 1. The van der Waals surface area contributed by atoms with Crippen LogP contribution < -0.4 is 5.32 Å². The SMILES string of the molecule is CCCCCCCCCCNc1cc(-c2cccnc2)ccc1C. The van der Waals surface area contributed by atoms with Crippen LogP contribution in [0.1, 0.15) is 63.9 Å². The van der Waals surface area contributed by atoms with Crippen molar-refractivity contribution in [3.05, 3.63) is 48.3 Å². The summed E-state index contributed by atoms with van der Waals surface area (Å²) in [7, 11) is 0. The Morgan fingerprint density at radius 2 is 1.62 bits per heavy atom. The van der Waals surface area contributed by atoms with Crippen molar-refractivity contribution < 1.29 is 0 Å². The number of unbranched alkanes of at least 4 members (excludes halogenated alkanes) is 7. The Morgan fingerprint density at radius 1 is 0.875 bits per heavy atom. The zero-order chi connectivity index (χ0) is 17.0. The third kappa shape index (κ3) is 6.35. The van der Waals surface area contributed by atoms with E-state index in [2.05, 4.69) is 48.4 Å². The first-order valence-electron chi connectivity index (χ1n) is 9.56. The highest BCUT2D eigenvalue weighted by Crippen LogP contribution is 2.24. The quantitative estimate of drug-likeness (QED) is 0.470. The molecule has 0 saturated heterocycles. The third-order valence-electron chi connectivity index (χ3n) is 4.58. The van der Waals surface area contributed by atoms with E-state index in [1.165, 1.54) is 73.7 Å². The van der Waals surface area contributed by atoms with E-state index >= 15 is 0 Å². The Kier molecular flexibility index (Phi) is 8.37. The van der Waals surface area contributed by atoms with Gasteiger partial charge in [0.2, 0.25) is 0 Å². The molecule has 0 amide bonds. The van der Waals surface area contributed by atoms with Crippen LogP contribution in [-0.4, -0.2) is 11.5 Å². The van der Waals surface area contributed by atoms with Crippen LogP contribution in [0.25, 0.3) is 11.1 Å². The fraction of sp³-hybridized carbons (Fsp3) is 0.500. The van der Waals surface area contributed by atoms with Gasteiger partial charge in [0.1, 0.15) is 0 Å². The van der Waals surface area contributed by atoms with Crippen LogP contribution >= 0.6 is 0 Å². The summed E-state index contributed by atoms with van der Waals surface area (Å²) in [6.45, 7) is 5.51. The second-order valence-electron chi connectivity index (χ2n) is 6.67. The Bertz CT molecular complexity index is 578. The van der Waals surface area contributed by atoms with Crippen molar-refractivity contribution in [1.29, 1.82) is 0 Å². The molecule has 2 aromatic rings. The van der Waals surface area contributed by atoms with Gasteiger partial charge in [-0.1, -0.05) is 70.1 Å². The van der Waals surface area contributed by atoms with Crippen molar-refractivity contribution >= 4 is 5.69 Å². The lowest BCUT2D eigenvalue weighted by molar-refractivity contribution is 0.581. The zero-order valence-electron chi connectivity index (χ0n) is 15.4. The molecular formula is C22H32N2. The second kappa shape index (κ2) is 10.9. The minimum Gasteiger partial charge on any atom is -0.385 e. The van der Waals surface area contributed by atoms with Gasteiger partial charge in [-0.3, -0.25) is 4.98 Å². The van der Waals surface area contributed by atoms with Crippen LogP contribution in [0.3, 0.4) is 0 Å². The van der Waals surface area contributed by atoms with Gasteiger partial charge in [-0.2, -0.15) is 0 Å². The van der Waals surface area contributed by atoms with Crippen LogP contribution in [0.5, 0.6) is 0 Å². The average molecular weight is 325 g/mol. The normalized spacial score (nSPS) is 10.8. The van der Waals surface area contributed by atoms with Crippen LogP contribution in [0.4, 0.5) is 5.69 Å². The van der Waals surface area contributed by atoms with Crippen LogP contribution in [-0.2, 0) is 0 Å². The van der Waals surface area contributed by atoms with Gasteiger partial charge in [0.15, 0.2) is 0 Å². The van der Waals surface area contributed by atoms with Gasteiger partial charge in [-0.05, 0) is 36.6 Å². The minimum absolute atomic E-state index is 1.06. The predicted molar refractivity (Wildman–Crippen MR) is 106 cm³/mol. The lowest BCUT2D eigenvalue weighted by Gasteiger charge is -2.12. The molecular weight excluding hydrogens is 292 g/mol. The Balaban J connectivity index is 1.73. The van der Waals surface area contributed by atoms with Gasteiger partial charge < -0.3 is 5.32 Å². The van der Waals surface area contributed by atoms with E-state index in [1.807, 2.05) is 18.5 Å². The van der Waals surface area contributed by atoms with E-state index in [0.717, 1.165) is 6.54 Å². The van der Waals surface area contributed by atoms with Gasteiger partial charge in [0, 0.05) is 30.2 Å². The number of nitrogens with one attached hydrogen (secondary N) is 1. The molecule has 0 fully saturated rings. The highest BCUT2D eigenvalue weighted by atomic mass is 14.9. The van der Waals surface area contributed by atoms with Gasteiger partial charge in [-0.25, -0.2) is 0 Å². The van der Waals surface area contributed by atoms with Crippen molar-refractivity contribution in [3.8, 4) is 11.1 Å². The summed E-state index contributed by atoms with van der Waals surface area (Å²) >= 11 is 0. The smallest absolute Gasteiger partial charge is 0.0376 e. The van der Waals surface area contributed by atoms with Crippen molar-refractivity contribution in [2.45, 2.75) is 65.2 Å². The molecule has 0 atom stereocenters.